The highest BCUT2D eigenvalue weighted by atomic mass is 31.2. The van der Waals surface area contributed by atoms with Gasteiger partial charge < -0.3 is 13.6 Å². The molecule has 0 saturated heterocycles. The van der Waals surface area contributed by atoms with Crippen LogP contribution in [0.4, 0.5) is 0 Å². The van der Waals surface area contributed by atoms with Gasteiger partial charge >= 0.3 is 7.82 Å². The minimum absolute atomic E-state index is 0.460. The summed E-state index contributed by atoms with van der Waals surface area (Å²) in [5, 5.41) is 0. The molecule has 4 nitrogen and oxygen atoms in total. The van der Waals surface area contributed by atoms with Crippen LogP contribution in [-0.4, -0.2) is 0 Å². The number of fused-ring (bicyclic) bond motifs is 2. The van der Waals surface area contributed by atoms with Crippen molar-refractivity contribution in [3.63, 3.8) is 0 Å². The second-order valence-corrected chi connectivity index (χ2v) is 7.88. The molecule has 0 fully saturated rings. The van der Waals surface area contributed by atoms with Crippen LogP contribution < -0.4 is 13.6 Å². The smallest absolute Gasteiger partial charge is 0.386 e. The van der Waals surface area contributed by atoms with E-state index < -0.39 is 7.82 Å². The second-order valence-electron chi connectivity index (χ2n) is 6.44. The van der Waals surface area contributed by atoms with Gasteiger partial charge in [0.05, 0.1) is 0 Å². The van der Waals surface area contributed by atoms with Crippen molar-refractivity contribution in [2.75, 3.05) is 0 Å². The van der Waals surface area contributed by atoms with E-state index in [0.717, 1.165) is 22.3 Å². The summed E-state index contributed by atoms with van der Waals surface area (Å²) in [6.45, 7) is 3.92. The first-order valence-corrected chi connectivity index (χ1v) is 9.90. The Morgan fingerprint density at radius 2 is 1.31 bits per heavy atom. The van der Waals surface area contributed by atoms with Crippen molar-refractivity contribution in [1.82, 2.24) is 0 Å². The summed E-state index contributed by atoms with van der Waals surface area (Å²) >= 11 is 0. The standard InChI is InChI=1S/C21H19O4P/c1-15-11-16(2)13-19(12-15)23-26(22)24-20-9-5-3-7-17(20)14-18-8-4-6-10-21(18)25-26/h3-13H,14H2,1-2H3. The number of rotatable bonds is 2. The third-order valence-corrected chi connectivity index (χ3v) is 5.43. The minimum atomic E-state index is -3.91. The van der Waals surface area contributed by atoms with Crippen LogP contribution in [0.1, 0.15) is 22.3 Å². The molecule has 0 atom stereocenters. The Hall–Kier alpha value is -2.71. The molecule has 0 N–H and O–H groups in total. The molecule has 4 rings (SSSR count). The van der Waals surface area contributed by atoms with E-state index in [0.29, 0.717) is 23.7 Å². The van der Waals surface area contributed by atoms with Gasteiger partial charge in [0.25, 0.3) is 0 Å². The summed E-state index contributed by atoms with van der Waals surface area (Å²) in [4.78, 5) is 0. The minimum Gasteiger partial charge on any atom is -0.386 e. The van der Waals surface area contributed by atoms with Gasteiger partial charge in [0.1, 0.15) is 17.2 Å². The fourth-order valence-corrected chi connectivity index (χ4v) is 4.41. The quantitative estimate of drug-likeness (QED) is 0.534. The van der Waals surface area contributed by atoms with E-state index in [-0.39, 0.29) is 0 Å². The normalized spacial score (nSPS) is 14.7. The van der Waals surface area contributed by atoms with Crippen LogP contribution in [0.25, 0.3) is 0 Å². The van der Waals surface area contributed by atoms with Crippen molar-refractivity contribution in [1.29, 1.82) is 0 Å². The molecule has 1 aliphatic rings. The molecule has 1 heterocycles. The van der Waals surface area contributed by atoms with E-state index in [1.165, 1.54) is 0 Å². The lowest BCUT2D eigenvalue weighted by Gasteiger charge is -2.24. The summed E-state index contributed by atoms with van der Waals surface area (Å²) in [5.74, 6) is 1.48. The molecule has 3 aromatic carbocycles. The number of phosphoric ester groups is 1. The molecule has 1 aliphatic heterocycles. The maximum absolute atomic E-state index is 13.5. The summed E-state index contributed by atoms with van der Waals surface area (Å²) in [6, 6.07) is 20.7. The molecule has 3 aromatic rings. The molecule has 0 bridgehead atoms. The Balaban J connectivity index is 1.79. The SMILES string of the molecule is Cc1cc(C)cc(OP2(=O)Oc3ccccc3Cc3ccccc3O2)c1. The van der Waals surface area contributed by atoms with Crippen LogP contribution in [-0.2, 0) is 11.0 Å². The highest BCUT2D eigenvalue weighted by molar-refractivity contribution is 7.49. The molecule has 0 spiro atoms. The van der Waals surface area contributed by atoms with Crippen LogP contribution in [0.2, 0.25) is 0 Å². The van der Waals surface area contributed by atoms with Crippen molar-refractivity contribution in [3.8, 4) is 17.2 Å². The zero-order valence-electron chi connectivity index (χ0n) is 14.6. The third-order valence-electron chi connectivity index (χ3n) is 4.16. The van der Waals surface area contributed by atoms with E-state index in [1.807, 2.05) is 68.4 Å². The van der Waals surface area contributed by atoms with Gasteiger partial charge in [0, 0.05) is 6.42 Å². The Morgan fingerprint density at radius 3 is 1.85 bits per heavy atom. The van der Waals surface area contributed by atoms with Crippen LogP contribution in [0.3, 0.4) is 0 Å². The predicted octanol–water partition coefficient (Wildman–Crippen LogP) is 5.85. The lowest BCUT2D eigenvalue weighted by Crippen LogP contribution is -2.12. The van der Waals surface area contributed by atoms with Gasteiger partial charge in [-0.25, -0.2) is 0 Å². The maximum atomic E-state index is 13.5. The van der Waals surface area contributed by atoms with Crippen molar-refractivity contribution in [2.24, 2.45) is 0 Å². The molecule has 0 aliphatic carbocycles. The van der Waals surface area contributed by atoms with E-state index in [9.17, 15) is 4.57 Å². The second kappa shape index (κ2) is 6.54. The van der Waals surface area contributed by atoms with Gasteiger partial charge in [0.15, 0.2) is 0 Å². The zero-order chi connectivity index (χ0) is 18.1. The highest BCUT2D eigenvalue weighted by Crippen LogP contribution is 2.52. The third kappa shape index (κ3) is 3.47. The number of aryl methyl sites for hydroxylation is 2. The largest absolute Gasteiger partial charge is 0.647 e. The summed E-state index contributed by atoms with van der Waals surface area (Å²) in [7, 11) is -3.91. The Labute approximate surface area is 153 Å². The monoisotopic (exact) mass is 366 g/mol. The zero-order valence-corrected chi connectivity index (χ0v) is 15.5. The molecule has 0 radical (unpaired) electrons. The lowest BCUT2D eigenvalue weighted by atomic mass is 10.0. The predicted molar refractivity (Wildman–Crippen MR) is 101 cm³/mol. The summed E-state index contributed by atoms with van der Waals surface area (Å²) in [6.07, 6.45) is 0.635. The van der Waals surface area contributed by atoms with Gasteiger partial charge in [-0.3, -0.25) is 0 Å². The Morgan fingerprint density at radius 1 is 0.808 bits per heavy atom. The number of phosphoric acid groups is 1. The molecule has 132 valence electrons. The van der Waals surface area contributed by atoms with Gasteiger partial charge in [-0.1, -0.05) is 42.5 Å². The molecular weight excluding hydrogens is 347 g/mol. The number of benzene rings is 3. The van der Waals surface area contributed by atoms with E-state index in [4.69, 9.17) is 13.6 Å². The number of hydrogen-bond acceptors (Lipinski definition) is 4. The molecule has 26 heavy (non-hydrogen) atoms. The van der Waals surface area contributed by atoms with Gasteiger partial charge in [-0.2, -0.15) is 4.57 Å². The molecular formula is C21H19O4P. The molecule has 0 saturated carbocycles. The number of para-hydroxylation sites is 2. The topological polar surface area (TPSA) is 44.8 Å². The van der Waals surface area contributed by atoms with Crippen LogP contribution in [0.15, 0.2) is 66.7 Å². The van der Waals surface area contributed by atoms with Gasteiger partial charge in [-0.05, 0) is 60.4 Å². The molecule has 0 unspecified atom stereocenters. The van der Waals surface area contributed by atoms with Gasteiger partial charge in [0.2, 0.25) is 0 Å². The van der Waals surface area contributed by atoms with Crippen molar-refractivity contribution >= 4 is 7.82 Å². The fraction of sp³-hybridized carbons (Fsp3) is 0.143. The first-order chi connectivity index (χ1) is 12.5. The van der Waals surface area contributed by atoms with E-state index >= 15 is 0 Å². The summed E-state index contributed by atoms with van der Waals surface area (Å²) < 4.78 is 30.8. The average Bonchev–Trinajstić information content (AvgIpc) is 2.55. The van der Waals surface area contributed by atoms with Crippen molar-refractivity contribution in [3.05, 3.63) is 89.0 Å². The Kier molecular flexibility index (Phi) is 4.21. The summed E-state index contributed by atoms with van der Waals surface area (Å²) in [5.41, 5.74) is 3.90. The molecule has 0 aromatic heterocycles. The number of hydrogen-bond donors (Lipinski definition) is 0. The van der Waals surface area contributed by atoms with Crippen LogP contribution in [0, 0.1) is 13.8 Å². The van der Waals surface area contributed by atoms with Crippen LogP contribution >= 0.6 is 7.82 Å². The van der Waals surface area contributed by atoms with Crippen molar-refractivity contribution < 1.29 is 18.1 Å². The van der Waals surface area contributed by atoms with E-state index in [2.05, 4.69) is 0 Å². The first kappa shape index (κ1) is 16.7. The van der Waals surface area contributed by atoms with Gasteiger partial charge in [-0.15, -0.1) is 0 Å². The first-order valence-electron chi connectivity index (χ1n) is 8.44. The van der Waals surface area contributed by atoms with Crippen molar-refractivity contribution in [2.45, 2.75) is 20.3 Å². The molecule has 0 amide bonds. The Bertz CT molecular complexity index is 941. The average molecular weight is 366 g/mol. The highest BCUT2D eigenvalue weighted by Gasteiger charge is 2.36. The molecule has 5 heteroatoms. The maximum Gasteiger partial charge on any atom is 0.647 e. The lowest BCUT2D eigenvalue weighted by molar-refractivity contribution is 0.294. The van der Waals surface area contributed by atoms with E-state index in [1.54, 1.807) is 12.1 Å². The van der Waals surface area contributed by atoms with Crippen LogP contribution in [0.5, 0.6) is 17.2 Å². The fourth-order valence-electron chi connectivity index (χ4n) is 3.09.